The van der Waals surface area contributed by atoms with Gasteiger partial charge in [0.05, 0.1) is 7.11 Å². The maximum absolute atomic E-state index is 10.8. The van der Waals surface area contributed by atoms with Gasteiger partial charge in [-0.3, -0.25) is 0 Å². The summed E-state index contributed by atoms with van der Waals surface area (Å²) >= 11 is 0. The molecule has 0 heterocycles. The molecular weight excluding hydrogens is 164 g/mol. The molecule has 0 aromatic carbocycles. The van der Waals surface area contributed by atoms with Crippen molar-refractivity contribution < 1.29 is 9.53 Å². The summed E-state index contributed by atoms with van der Waals surface area (Å²) in [4.78, 5) is 10.8. The predicted octanol–water partition coefficient (Wildman–Crippen LogP) is 1.84. The summed E-state index contributed by atoms with van der Waals surface area (Å²) in [6.45, 7) is 8.68. The first kappa shape index (κ1) is 10.1. The molecule has 0 aromatic heterocycles. The number of hydrogen-bond acceptors (Lipinski definition) is 2. The summed E-state index contributed by atoms with van der Waals surface area (Å²) in [7, 11) is 1.35. The second kappa shape index (κ2) is 2.77. The number of hydrogen-bond donors (Lipinski definition) is 0. The molecule has 2 nitrogen and oxygen atoms in total. The van der Waals surface area contributed by atoms with Gasteiger partial charge in [0.1, 0.15) is 0 Å². The molecule has 0 amide bonds. The molecule has 0 N–H and O–H groups in total. The third kappa shape index (κ3) is 1.44. The van der Waals surface area contributed by atoms with Crippen molar-refractivity contribution in [1.29, 1.82) is 0 Å². The summed E-state index contributed by atoms with van der Waals surface area (Å²) in [6, 6.07) is 0. The predicted molar refractivity (Wildman–Crippen MR) is 50.8 cm³/mol. The van der Waals surface area contributed by atoms with Crippen molar-refractivity contribution in [1.82, 2.24) is 0 Å². The van der Waals surface area contributed by atoms with Gasteiger partial charge in [-0.1, -0.05) is 33.6 Å². The second-order valence-corrected chi connectivity index (χ2v) is 4.64. The molecule has 0 saturated heterocycles. The first-order chi connectivity index (χ1) is 5.84. The van der Waals surface area contributed by atoms with Crippen molar-refractivity contribution in [2.45, 2.75) is 27.7 Å². The number of esters is 1. The number of carbonyl (C=O) groups is 1. The highest BCUT2D eigenvalue weighted by Crippen LogP contribution is 2.67. The molecule has 1 aliphatic carbocycles. The van der Waals surface area contributed by atoms with E-state index >= 15 is 0 Å². The van der Waals surface area contributed by atoms with E-state index in [2.05, 4.69) is 44.3 Å². The Labute approximate surface area is 79.7 Å². The van der Waals surface area contributed by atoms with Crippen LogP contribution in [0.2, 0.25) is 0 Å². The fraction of sp³-hybridized carbons (Fsp3) is 0.727. The molecule has 2 heteroatoms. The molecule has 1 fully saturated rings. The molecule has 0 atom stereocenters. The van der Waals surface area contributed by atoms with Gasteiger partial charge >= 0.3 is 5.97 Å². The number of methoxy groups -OCH3 is 1. The zero-order valence-electron chi connectivity index (χ0n) is 8.89. The van der Waals surface area contributed by atoms with Crippen LogP contribution in [0.3, 0.4) is 0 Å². The molecule has 1 aliphatic rings. The number of carbonyl (C=O) groups excluding carboxylic acids is 1. The second-order valence-electron chi connectivity index (χ2n) is 4.64. The minimum absolute atomic E-state index is 0.216. The largest absolute Gasteiger partial charge is 0.459 e. The topological polar surface area (TPSA) is 26.3 Å². The Kier molecular flexibility index (Phi) is 2.15. The van der Waals surface area contributed by atoms with E-state index in [-0.39, 0.29) is 10.8 Å². The Bertz CT molecular complexity index is 275. The van der Waals surface area contributed by atoms with Crippen molar-refractivity contribution in [2.24, 2.45) is 16.7 Å². The Morgan fingerprint density at radius 3 is 2.00 bits per heavy atom. The molecule has 1 rings (SSSR count). The number of rotatable bonds is 0. The van der Waals surface area contributed by atoms with Crippen molar-refractivity contribution in [2.75, 3.05) is 7.11 Å². The van der Waals surface area contributed by atoms with Crippen LogP contribution in [0.5, 0.6) is 0 Å². The van der Waals surface area contributed by atoms with Gasteiger partial charge in [-0.15, -0.1) is 0 Å². The highest BCUT2D eigenvalue weighted by atomic mass is 16.5. The molecule has 72 valence electrons. The molecule has 0 spiro atoms. The van der Waals surface area contributed by atoms with Crippen LogP contribution < -0.4 is 0 Å². The number of ether oxygens (including phenoxy) is 1. The molecule has 0 bridgehead atoms. The molecule has 1 saturated carbocycles. The van der Waals surface area contributed by atoms with Gasteiger partial charge in [0, 0.05) is 11.8 Å². The maximum atomic E-state index is 10.8. The Balaban J connectivity index is 2.68. The van der Waals surface area contributed by atoms with Crippen LogP contribution in [0.4, 0.5) is 0 Å². The summed E-state index contributed by atoms with van der Waals surface area (Å²) in [6.07, 6.45) is 0. The first-order valence-corrected chi connectivity index (χ1v) is 4.43. The van der Waals surface area contributed by atoms with Crippen molar-refractivity contribution >= 4 is 5.97 Å². The molecule has 0 aliphatic heterocycles. The zero-order chi connectivity index (χ0) is 10.3. The van der Waals surface area contributed by atoms with E-state index in [0.29, 0.717) is 5.92 Å². The van der Waals surface area contributed by atoms with Crippen molar-refractivity contribution in [3.05, 3.63) is 0 Å². The Hall–Kier alpha value is -0.970. The minimum atomic E-state index is -0.446. The first-order valence-electron chi connectivity index (χ1n) is 4.43. The fourth-order valence-corrected chi connectivity index (χ4v) is 1.74. The lowest BCUT2D eigenvalue weighted by atomic mass is 10.0. The highest BCUT2D eigenvalue weighted by molar-refractivity contribution is 5.88. The Morgan fingerprint density at radius 2 is 1.69 bits per heavy atom. The average molecular weight is 180 g/mol. The summed E-state index contributed by atoms with van der Waals surface area (Å²) in [5.74, 6) is 5.32. The van der Waals surface area contributed by atoms with E-state index in [4.69, 9.17) is 0 Å². The van der Waals surface area contributed by atoms with E-state index in [0.717, 1.165) is 0 Å². The van der Waals surface area contributed by atoms with E-state index < -0.39 is 5.97 Å². The summed E-state index contributed by atoms with van der Waals surface area (Å²) in [5, 5.41) is 0. The van der Waals surface area contributed by atoms with Crippen LogP contribution in [0.25, 0.3) is 0 Å². The van der Waals surface area contributed by atoms with Gasteiger partial charge in [-0.25, -0.2) is 4.79 Å². The normalized spacial score (nSPS) is 22.8. The molecule has 0 aromatic rings. The monoisotopic (exact) mass is 180 g/mol. The fourth-order valence-electron chi connectivity index (χ4n) is 1.74. The van der Waals surface area contributed by atoms with E-state index in [1.165, 1.54) is 7.11 Å². The van der Waals surface area contributed by atoms with Gasteiger partial charge in [0.25, 0.3) is 0 Å². The SMILES string of the molecule is COC(=O)C#CC1C(C)(C)C1(C)C. The maximum Gasteiger partial charge on any atom is 0.384 e. The quantitative estimate of drug-likeness (QED) is 0.323. The third-order valence-corrected chi connectivity index (χ3v) is 3.52. The van der Waals surface area contributed by atoms with Crippen molar-refractivity contribution in [3.63, 3.8) is 0 Å². The average Bonchev–Trinajstić information content (AvgIpc) is 2.40. The van der Waals surface area contributed by atoms with Crippen LogP contribution in [0.1, 0.15) is 27.7 Å². The van der Waals surface area contributed by atoms with Gasteiger partial charge < -0.3 is 4.74 Å². The van der Waals surface area contributed by atoms with E-state index in [1.807, 2.05) is 0 Å². The van der Waals surface area contributed by atoms with E-state index in [1.54, 1.807) is 0 Å². The lowest BCUT2D eigenvalue weighted by Gasteiger charge is -2.03. The molecule has 0 unspecified atom stereocenters. The lowest BCUT2D eigenvalue weighted by Crippen LogP contribution is -1.95. The molecule has 13 heavy (non-hydrogen) atoms. The Morgan fingerprint density at radius 1 is 1.23 bits per heavy atom. The van der Waals surface area contributed by atoms with Gasteiger partial charge in [0.2, 0.25) is 0 Å². The highest BCUT2D eigenvalue weighted by Gasteiger charge is 2.64. The minimum Gasteiger partial charge on any atom is -0.459 e. The smallest absolute Gasteiger partial charge is 0.384 e. The van der Waals surface area contributed by atoms with Crippen LogP contribution in [0, 0.1) is 28.6 Å². The lowest BCUT2D eigenvalue weighted by molar-refractivity contribution is -0.133. The van der Waals surface area contributed by atoms with Crippen LogP contribution in [0.15, 0.2) is 0 Å². The van der Waals surface area contributed by atoms with E-state index in [9.17, 15) is 4.79 Å². The zero-order valence-corrected chi connectivity index (χ0v) is 8.89. The van der Waals surface area contributed by atoms with Crippen LogP contribution in [-0.4, -0.2) is 13.1 Å². The summed E-state index contributed by atoms with van der Waals surface area (Å²) < 4.78 is 4.45. The molecular formula is C11H16O2. The van der Waals surface area contributed by atoms with Crippen LogP contribution >= 0.6 is 0 Å². The molecule has 0 radical (unpaired) electrons. The standard InChI is InChI=1S/C11H16O2/c1-10(2)8(11(10,3)4)6-7-9(12)13-5/h8H,1-5H3. The third-order valence-electron chi connectivity index (χ3n) is 3.52. The van der Waals surface area contributed by atoms with Gasteiger partial charge in [-0.2, -0.15) is 0 Å². The van der Waals surface area contributed by atoms with Gasteiger partial charge in [-0.05, 0) is 10.8 Å². The summed E-state index contributed by atoms with van der Waals surface area (Å²) in [5.41, 5.74) is 0.433. The van der Waals surface area contributed by atoms with Crippen molar-refractivity contribution in [3.8, 4) is 11.8 Å². The van der Waals surface area contributed by atoms with Crippen LogP contribution in [-0.2, 0) is 9.53 Å². The van der Waals surface area contributed by atoms with Gasteiger partial charge in [0.15, 0.2) is 0 Å².